The van der Waals surface area contributed by atoms with E-state index in [1.165, 1.54) is 7.05 Å². The van der Waals surface area contributed by atoms with Crippen molar-refractivity contribution in [3.05, 3.63) is 0 Å². The van der Waals surface area contributed by atoms with Crippen LogP contribution in [-0.2, 0) is 19.7 Å². The first-order valence-corrected chi connectivity index (χ1v) is 6.65. The third kappa shape index (κ3) is 7.27. The number of carboxylic acid groups (broad SMARTS) is 1. The van der Waals surface area contributed by atoms with Crippen LogP contribution in [0.1, 0.15) is 13.3 Å². The summed E-state index contributed by atoms with van der Waals surface area (Å²) in [7, 11) is -0.720. The van der Waals surface area contributed by atoms with Crippen molar-refractivity contribution in [2.75, 3.05) is 33.9 Å². The molecule has 1 unspecified atom stereocenters. The van der Waals surface area contributed by atoms with Crippen molar-refractivity contribution in [2.45, 2.75) is 13.3 Å². The zero-order valence-corrected chi connectivity index (χ0v) is 11.2. The fraction of sp³-hybridized carbons (Fsp3) is 0.889. The van der Waals surface area contributed by atoms with E-state index in [-0.39, 0.29) is 25.4 Å². The molecule has 0 aromatic rings. The number of carboxylic acids is 1. The van der Waals surface area contributed by atoms with Gasteiger partial charge in [-0.05, 0) is 5.92 Å². The van der Waals surface area contributed by atoms with Gasteiger partial charge in [0.1, 0.15) is 0 Å². The number of methoxy groups -OCH3 is 1. The van der Waals surface area contributed by atoms with Crippen LogP contribution in [0.25, 0.3) is 0 Å². The van der Waals surface area contributed by atoms with Crippen LogP contribution in [0.5, 0.6) is 0 Å². The van der Waals surface area contributed by atoms with E-state index in [2.05, 4.69) is 4.72 Å². The van der Waals surface area contributed by atoms with Crippen LogP contribution in [0, 0.1) is 5.92 Å². The Labute approximate surface area is 102 Å². The fourth-order valence-corrected chi connectivity index (χ4v) is 2.12. The average molecular weight is 268 g/mol. The van der Waals surface area contributed by atoms with Crippen LogP contribution in [-0.4, -0.2) is 57.7 Å². The minimum absolute atomic E-state index is 0.0523. The molecule has 1 atom stereocenters. The predicted octanol–water partition coefficient (Wildman–Crippen LogP) is -0.490. The van der Waals surface area contributed by atoms with Gasteiger partial charge < -0.3 is 9.84 Å². The molecule has 8 heteroatoms. The summed E-state index contributed by atoms with van der Waals surface area (Å²) in [5.41, 5.74) is 0. The SMILES string of the molecule is COCC(C)CNS(=O)(=O)N(C)CCC(=O)O. The molecule has 0 spiro atoms. The molecule has 0 heterocycles. The Morgan fingerprint density at radius 1 is 1.53 bits per heavy atom. The van der Waals surface area contributed by atoms with Gasteiger partial charge in [-0.25, -0.2) is 4.72 Å². The van der Waals surface area contributed by atoms with Gasteiger partial charge in [0.2, 0.25) is 0 Å². The van der Waals surface area contributed by atoms with Gasteiger partial charge in [-0.1, -0.05) is 6.92 Å². The van der Waals surface area contributed by atoms with E-state index in [4.69, 9.17) is 9.84 Å². The van der Waals surface area contributed by atoms with Crippen molar-refractivity contribution in [2.24, 2.45) is 5.92 Å². The quantitative estimate of drug-likeness (QED) is 0.588. The topological polar surface area (TPSA) is 95.9 Å². The molecule has 0 saturated heterocycles. The summed E-state index contributed by atoms with van der Waals surface area (Å²) in [5, 5.41) is 8.46. The third-order valence-electron chi connectivity index (χ3n) is 2.12. The highest BCUT2D eigenvalue weighted by Crippen LogP contribution is 1.99. The number of hydrogen-bond donors (Lipinski definition) is 2. The van der Waals surface area contributed by atoms with E-state index in [9.17, 15) is 13.2 Å². The normalized spacial score (nSPS) is 13.9. The second-order valence-electron chi connectivity index (χ2n) is 3.88. The summed E-state index contributed by atoms with van der Waals surface area (Å²) < 4.78 is 31.5. The molecule has 0 rings (SSSR count). The first-order valence-electron chi connectivity index (χ1n) is 5.21. The van der Waals surface area contributed by atoms with Gasteiger partial charge in [0, 0.05) is 33.9 Å². The number of rotatable bonds is 9. The summed E-state index contributed by atoms with van der Waals surface area (Å²) in [6.07, 6.45) is -0.217. The molecule has 0 fully saturated rings. The van der Waals surface area contributed by atoms with Crippen LogP contribution in [0.4, 0.5) is 0 Å². The van der Waals surface area contributed by atoms with Gasteiger partial charge in [0.25, 0.3) is 10.2 Å². The second-order valence-corrected chi connectivity index (χ2v) is 5.74. The van der Waals surface area contributed by atoms with Crippen molar-refractivity contribution < 1.29 is 23.1 Å². The fourth-order valence-electron chi connectivity index (χ4n) is 1.07. The van der Waals surface area contributed by atoms with E-state index in [1.807, 2.05) is 6.92 Å². The lowest BCUT2D eigenvalue weighted by Crippen LogP contribution is -2.41. The van der Waals surface area contributed by atoms with E-state index in [0.717, 1.165) is 4.31 Å². The molecule has 2 N–H and O–H groups in total. The summed E-state index contributed by atoms with van der Waals surface area (Å²) >= 11 is 0. The number of aliphatic carboxylic acids is 1. The van der Waals surface area contributed by atoms with Crippen LogP contribution >= 0.6 is 0 Å². The maximum Gasteiger partial charge on any atom is 0.304 e. The van der Waals surface area contributed by atoms with Crippen molar-refractivity contribution in [3.8, 4) is 0 Å². The van der Waals surface area contributed by atoms with Crippen molar-refractivity contribution >= 4 is 16.2 Å². The minimum atomic E-state index is -3.60. The molecule has 0 saturated carbocycles. The molecular formula is C9H20N2O5S. The Hall–Kier alpha value is -0.700. The summed E-state index contributed by atoms with van der Waals surface area (Å²) in [4.78, 5) is 10.3. The summed E-state index contributed by atoms with van der Waals surface area (Å²) in [6.45, 7) is 2.52. The van der Waals surface area contributed by atoms with Gasteiger partial charge in [-0.2, -0.15) is 12.7 Å². The lowest BCUT2D eigenvalue weighted by Gasteiger charge is -2.18. The summed E-state index contributed by atoms with van der Waals surface area (Å²) in [6, 6.07) is 0. The molecule has 0 radical (unpaired) electrons. The molecule has 102 valence electrons. The monoisotopic (exact) mass is 268 g/mol. The van der Waals surface area contributed by atoms with E-state index in [1.54, 1.807) is 7.11 Å². The second kappa shape index (κ2) is 7.59. The van der Waals surface area contributed by atoms with Crippen LogP contribution in [0.2, 0.25) is 0 Å². The largest absolute Gasteiger partial charge is 0.481 e. The molecule has 0 aliphatic rings. The van der Waals surface area contributed by atoms with E-state index >= 15 is 0 Å². The molecule has 0 aliphatic heterocycles. The predicted molar refractivity (Wildman–Crippen MR) is 62.8 cm³/mol. The lowest BCUT2D eigenvalue weighted by atomic mass is 10.2. The Balaban J connectivity index is 4.13. The van der Waals surface area contributed by atoms with Crippen LogP contribution in [0.3, 0.4) is 0 Å². The lowest BCUT2D eigenvalue weighted by molar-refractivity contribution is -0.137. The van der Waals surface area contributed by atoms with E-state index in [0.29, 0.717) is 6.61 Å². The smallest absolute Gasteiger partial charge is 0.304 e. The first kappa shape index (κ1) is 16.3. The van der Waals surface area contributed by atoms with Gasteiger partial charge in [0.15, 0.2) is 0 Å². The molecule has 7 nitrogen and oxygen atoms in total. The molecule has 0 aromatic heterocycles. The molecule has 0 amide bonds. The highest BCUT2D eigenvalue weighted by atomic mass is 32.2. The average Bonchev–Trinajstić information content (AvgIpc) is 2.23. The van der Waals surface area contributed by atoms with Gasteiger partial charge in [-0.3, -0.25) is 4.79 Å². The summed E-state index contributed by atoms with van der Waals surface area (Å²) in [5.74, 6) is -0.970. The van der Waals surface area contributed by atoms with Crippen molar-refractivity contribution in [3.63, 3.8) is 0 Å². The van der Waals surface area contributed by atoms with Crippen LogP contribution in [0.15, 0.2) is 0 Å². The number of nitrogens with zero attached hydrogens (tertiary/aromatic N) is 1. The van der Waals surface area contributed by atoms with Crippen molar-refractivity contribution in [1.82, 2.24) is 9.03 Å². The zero-order valence-electron chi connectivity index (χ0n) is 10.3. The number of ether oxygens (including phenoxy) is 1. The van der Waals surface area contributed by atoms with Crippen LogP contribution < -0.4 is 4.72 Å². The third-order valence-corrected chi connectivity index (χ3v) is 3.65. The maximum atomic E-state index is 11.6. The number of hydrogen-bond acceptors (Lipinski definition) is 4. The van der Waals surface area contributed by atoms with Gasteiger partial charge in [0.05, 0.1) is 6.42 Å². The molecule has 0 aliphatic carbocycles. The molecule has 17 heavy (non-hydrogen) atoms. The van der Waals surface area contributed by atoms with Gasteiger partial charge >= 0.3 is 5.97 Å². The minimum Gasteiger partial charge on any atom is -0.481 e. The first-order chi connectivity index (χ1) is 7.79. The van der Waals surface area contributed by atoms with E-state index < -0.39 is 16.2 Å². The highest BCUT2D eigenvalue weighted by molar-refractivity contribution is 7.87. The van der Waals surface area contributed by atoms with Gasteiger partial charge in [-0.15, -0.1) is 0 Å². The Morgan fingerprint density at radius 3 is 2.59 bits per heavy atom. The standard InChI is InChI=1S/C9H20N2O5S/c1-8(7-16-3)6-10-17(14,15)11(2)5-4-9(12)13/h8,10H,4-7H2,1-3H3,(H,12,13). The maximum absolute atomic E-state index is 11.6. The Kier molecular flexibility index (Phi) is 7.28. The number of carbonyl (C=O) groups is 1. The Bertz CT molecular complexity index is 330. The molecular weight excluding hydrogens is 248 g/mol. The Morgan fingerprint density at radius 2 is 2.12 bits per heavy atom. The molecule has 0 aromatic carbocycles. The zero-order chi connectivity index (χ0) is 13.5. The van der Waals surface area contributed by atoms with Crippen molar-refractivity contribution in [1.29, 1.82) is 0 Å². The molecule has 0 bridgehead atoms. The highest BCUT2D eigenvalue weighted by Gasteiger charge is 2.18. The number of nitrogens with one attached hydrogen (secondary N) is 1.